The topological polar surface area (TPSA) is 102 Å². The van der Waals surface area contributed by atoms with Gasteiger partial charge >= 0.3 is 0 Å². The molecule has 9 nitrogen and oxygen atoms in total. The molecule has 0 atom stereocenters. The maximum Gasteiger partial charge on any atom is 0.278 e. The zero-order chi connectivity index (χ0) is 21.4. The molecule has 5 rings (SSSR count). The van der Waals surface area contributed by atoms with E-state index in [4.69, 9.17) is 4.42 Å². The van der Waals surface area contributed by atoms with E-state index < -0.39 is 0 Å². The fourth-order valence-corrected chi connectivity index (χ4v) is 3.81. The van der Waals surface area contributed by atoms with Crippen LogP contribution in [0.3, 0.4) is 0 Å². The number of hydrogen-bond acceptors (Lipinski definition) is 7. The van der Waals surface area contributed by atoms with E-state index in [0.717, 1.165) is 48.1 Å². The van der Waals surface area contributed by atoms with E-state index in [9.17, 15) is 4.79 Å². The van der Waals surface area contributed by atoms with Crippen LogP contribution in [0, 0.1) is 0 Å². The molecule has 0 spiro atoms. The predicted molar refractivity (Wildman–Crippen MR) is 116 cm³/mol. The molecule has 5 heterocycles. The Balaban J connectivity index is 1.33. The molecule has 4 aromatic heterocycles. The van der Waals surface area contributed by atoms with Gasteiger partial charge in [-0.05, 0) is 45.1 Å². The number of piperidine rings is 1. The van der Waals surface area contributed by atoms with E-state index in [-0.39, 0.29) is 17.5 Å². The molecule has 1 amide bonds. The van der Waals surface area contributed by atoms with Crippen LogP contribution in [0.15, 0.2) is 47.5 Å². The number of anilines is 1. The third-order valence-corrected chi connectivity index (χ3v) is 5.64. The summed E-state index contributed by atoms with van der Waals surface area (Å²) in [7, 11) is 3.97. The predicted octanol–water partition coefficient (Wildman–Crippen LogP) is 3.08. The van der Waals surface area contributed by atoms with Gasteiger partial charge in [0.25, 0.3) is 5.91 Å². The quantitative estimate of drug-likeness (QED) is 0.544. The number of fused-ring (bicyclic) bond motifs is 1. The second-order valence-corrected chi connectivity index (χ2v) is 7.96. The van der Waals surface area contributed by atoms with Crippen molar-refractivity contribution in [3.05, 3.63) is 54.6 Å². The third kappa shape index (κ3) is 4.04. The summed E-state index contributed by atoms with van der Waals surface area (Å²) in [5.41, 5.74) is 2.73. The lowest BCUT2D eigenvalue weighted by atomic mass is 9.97. The third-order valence-electron chi connectivity index (χ3n) is 5.64. The molecule has 4 aromatic rings. The van der Waals surface area contributed by atoms with Crippen molar-refractivity contribution in [2.45, 2.75) is 18.8 Å². The number of nitrogens with zero attached hydrogens (tertiary/aromatic N) is 6. The average Bonchev–Trinajstić information content (AvgIpc) is 3.43. The second kappa shape index (κ2) is 7.92. The van der Waals surface area contributed by atoms with E-state index in [1.807, 2.05) is 25.4 Å². The summed E-state index contributed by atoms with van der Waals surface area (Å²) in [5, 5.41) is 7.88. The number of pyridine rings is 2. The van der Waals surface area contributed by atoms with Gasteiger partial charge in [0.2, 0.25) is 0 Å². The van der Waals surface area contributed by atoms with Gasteiger partial charge in [-0.3, -0.25) is 9.48 Å². The zero-order valence-electron chi connectivity index (χ0n) is 17.4. The van der Waals surface area contributed by atoms with Crippen molar-refractivity contribution in [1.82, 2.24) is 29.6 Å². The maximum absolute atomic E-state index is 12.7. The van der Waals surface area contributed by atoms with Gasteiger partial charge in [-0.15, -0.1) is 0 Å². The van der Waals surface area contributed by atoms with Crippen molar-refractivity contribution in [1.29, 1.82) is 0 Å². The molecule has 0 saturated carbocycles. The first-order valence-corrected chi connectivity index (χ1v) is 10.3. The summed E-state index contributed by atoms with van der Waals surface area (Å²) < 4.78 is 7.34. The van der Waals surface area contributed by atoms with Crippen LogP contribution in [0.5, 0.6) is 0 Å². The van der Waals surface area contributed by atoms with Gasteiger partial charge in [-0.2, -0.15) is 5.10 Å². The Bertz CT molecular complexity index is 1240. The molecule has 9 heteroatoms. The van der Waals surface area contributed by atoms with Gasteiger partial charge in [-0.25, -0.2) is 15.0 Å². The van der Waals surface area contributed by atoms with Crippen molar-refractivity contribution in [2.75, 3.05) is 25.5 Å². The van der Waals surface area contributed by atoms with Crippen LogP contribution >= 0.6 is 0 Å². The van der Waals surface area contributed by atoms with Crippen LogP contribution in [-0.4, -0.2) is 55.7 Å². The van der Waals surface area contributed by atoms with Crippen LogP contribution < -0.4 is 5.32 Å². The standard InChI is InChI=1S/C22H23N7O2/c1-28-7-5-14(6-8-28)22-26-19(13-31-22)21(30)27-20-9-18-15(10-23-20)3-4-17(25-18)16-11-24-29(2)12-16/h3-4,9-14H,5-8H2,1-2H3,(H,23,27,30). The number of oxazole rings is 1. The highest BCUT2D eigenvalue weighted by Crippen LogP contribution is 2.27. The first-order valence-electron chi connectivity index (χ1n) is 10.3. The lowest BCUT2D eigenvalue weighted by molar-refractivity contribution is 0.102. The van der Waals surface area contributed by atoms with E-state index in [2.05, 4.69) is 37.3 Å². The first-order chi connectivity index (χ1) is 15.0. The number of aryl methyl sites for hydroxylation is 1. The molecule has 158 valence electrons. The van der Waals surface area contributed by atoms with Gasteiger partial charge in [0.15, 0.2) is 11.6 Å². The number of aromatic nitrogens is 5. The Kier molecular flexibility index (Phi) is 4.95. The van der Waals surface area contributed by atoms with Crippen molar-refractivity contribution in [3.8, 4) is 11.3 Å². The van der Waals surface area contributed by atoms with Crippen LogP contribution in [-0.2, 0) is 7.05 Å². The molecule has 0 aliphatic carbocycles. The fraction of sp³-hybridized carbons (Fsp3) is 0.318. The van der Waals surface area contributed by atoms with Gasteiger partial charge in [0.05, 0.1) is 17.4 Å². The SMILES string of the molecule is CN1CCC(c2nc(C(=O)Nc3cc4nc(-c5cnn(C)c5)ccc4cn3)co2)CC1. The van der Waals surface area contributed by atoms with E-state index in [1.54, 1.807) is 23.1 Å². The molecule has 1 aliphatic heterocycles. The highest BCUT2D eigenvalue weighted by molar-refractivity contribution is 6.02. The molecule has 1 N–H and O–H groups in total. The number of amides is 1. The lowest BCUT2D eigenvalue weighted by Gasteiger charge is -2.26. The van der Waals surface area contributed by atoms with Gasteiger partial charge in [0.1, 0.15) is 12.1 Å². The Morgan fingerprint density at radius 1 is 1.16 bits per heavy atom. The number of likely N-dealkylation sites (tertiary alicyclic amines) is 1. The molecule has 31 heavy (non-hydrogen) atoms. The van der Waals surface area contributed by atoms with E-state index in [0.29, 0.717) is 11.7 Å². The largest absolute Gasteiger partial charge is 0.448 e. The summed E-state index contributed by atoms with van der Waals surface area (Å²) >= 11 is 0. The van der Waals surface area contributed by atoms with Crippen molar-refractivity contribution < 1.29 is 9.21 Å². The van der Waals surface area contributed by atoms with Crippen LogP contribution in [0.4, 0.5) is 5.82 Å². The number of nitrogens with one attached hydrogen (secondary N) is 1. The molecule has 1 saturated heterocycles. The van der Waals surface area contributed by atoms with Crippen LogP contribution in [0.2, 0.25) is 0 Å². The Hall–Kier alpha value is -3.59. The molecule has 0 radical (unpaired) electrons. The summed E-state index contributed by atoms with van der Waals surface area (Å²) in [6, 6.07) is 5.64. The Labute approximate surface area is 179 Å². The minimum absolute atomic E-state index is 0.256. The van der Waals surface area contributed by atoms with Gasteiger partial charge in [-0.1, -0.05) is 0 Å². The second-order valence-electron chi connectivity index (χ2n) is 7.96. The van der Waals surface area contributed by atoms with Crippen molar-refractivity contribution in [3.63, 3.8) is 0 Å². The normalized spacial score (nSPS) is 15.4. The number of rotatable bonds is 4. The molecule has 1 aliphatic rings. The summed E-state index contributed by atoms with van der Waals surface area (Å²) in [6.45, 7) is 2.01. The summed E-state index contributed by atoms with van der Waals surface area (Å²) in [5.74, 6) is 0.953. The molecular formula is C22H23N7O2. The number of hydrogen-bond donors (Lipinski definition) is 1. The minimum Gasteiger partial charge on any atom is -0.448 e. The van der Waals surface area contributed by atoms with E-state index >= 15 is 0 Å². The average molecular weight is 417 g/mol. The van der Waals surface area contributed by atoms with Crippen molar-refractivity contribution in [2.24, 2.45) is 7.05 Å². The molecule has 0 unspecified atom stereocenters. The maximum atomic E-state index is 12.7. The lowest BCUT2D eigenvalue weighted by Crippen LogP contribution is -2.29. The fourth-order valence-electron chi connectivity index (χ4n) is 3.81. The van der Waals surface area contributed by atoms with Gasteiger partial charge in [0, 0.05) is 42.4 Å². The minimum atomic E-state index is -0.349. The first kappa shape index (κ1) is 19.4. The molecule has 0 bridgehead atoms. The van der Waals surface area contributed by atoms with Crippen LogP contribution in [0.25, 0.3) is 22.2 Å². The zero-order valence-corrected chi connectivity index (χ0v) is 17.4. The van der Waals surface area contributed by atoms with Crippen LogP contribution in [0.1, 0.15) is 35.1 Å². The Morgan fingerprint density at radius 2 is 2.00 bits per heavy atom. The number of carbonyl (C=O) groups excluding carboxylic acids is 1. The summed E-state index contributed by atoms with van der Waals surface area (Å²) in [4.78, 5) is 28.4. The highest BCUT2D eigenvalue weighted by Gasteiger charge is 2.24. The Morgan fingerprint density at radius 3 is 2.77 bits per heavy atom. The van der Waals surface area contributed by atoms with Crippen molar-refractivity contribution >= 4 is 22.6 Å². The molecule has 0 aromatic carbocycles. The smallest absolute Gasteiger partial charge is 0.278 e. The highest BCUT2D eigenvalue weighted by atomic mass is 16.3. The summed E-state index contributed by atoms with van der Waals surface area (Å²) in [6.07, 6.45) is 8.75. The van der Waals surface area contributed by atoms with Gasteiger partial charge < -0.3 is 14.6 Å². The monoisotopic (exact) mass is 417 g/mol. The molecule has 1 fully saturated rings. The number of carbonyl (C=O) groups is 1. The van der Waals surface area contributed by atoms with E-state index in [1.165, 1.54) is 6.26 Å². The molecular weight excluding hydrogens is 394 g/mol.